The molecule has 35 valence electrons. The fraction of sp³-hybridized carbons (Fsp3) is 0.800. The molecule has 0 aromatic heterocycles. The molecule has 0 aromatic rings. The molecule has 0 atom stereocenters. The fourth-order valence-corrected chi connectivity index (χ4v) is 0.250. The molecule has 0 spiro atoms. The molecule has 7 heavy (non-hydrogen) atoms. The third-order valence-electron chi connectivity index (χ3n) is 0.604. The third-order valence-corrected chi connectivity index (χ3v) is 0.604. The molecule has 0 N–H and O–H groups in total. The van der Waals surface area contributed by atoms with Crippen molar-refractivity contribution in [3.63, 3.8) is 0 Å². The number of unbranched alkanes of at least 4 members (excludes halogenated alkanes) is 2. The third kappa shape index (κ3) is 18.3. The van der Waals surface area contributed by atoms with E-state index in [-0.39, 0.29) is 59.8 Å². The standard InChI is InChI=1S/C5H11.B.K/c1-3-5-4-2;;/h1,3-5H2,2H3;;/q-1;;+1. The monoisotopic (exact) mass is 121 g/mol. The molecule has 0 aliphatic rings. The average molecular weight is 121 g/mol. The van der Waals surface area contributed by atoms with Crippen LogP contribution in [0.5, 0.6) is 0 Å². The van der Waals surface area contributed by atoms with E-state index in [2.05, 4.69) is 13.8 Å². The fourth-order valence-electron chi connectivity index (χ4n) is 0.250. The zero-order valence-corrected chi connectivity index (χ0v) is 8.53. The molecule has 2 heteroatoms. The molecule has 0 heterocycles. The molecule has 0 aromatic carbocycles. The smallest absolute Gasteiger partial charge is 0.343 e. The van der Waals surface area contributed by atoms with Gasteiger partial charge in [-0.3, -0.25) is 0 Å². The molecule has 0 saturated carbocycles. The van der Waals surface area contributed by atoms with Gasteiger partial charge in [-0.05, 0) is 0 Å². The van der Waals surface area contributed by atoms with Gasteiger partial charge in [0.1, 0.15) is 0 Å². The van der Waals surface area contributed by atoms with Gasteiger partial charge in [-0.2, -0.15) is 6.42 Å². The van der Waals surface area contributed by atoms with Crippen molar-refractivity contribution in [3.05, 3.63) is 6.92 Å². The Balaban J connectivity index is -0.0000000800. The van der Waals surface area contributed by atoms with Gasteiger partial charge in [-0.15, -0.1) is 0 Å². The Morgan fingerprint density at radius 2 is 1.86 bits per heavy atom. The molecule has 0 aliphatic heterocycles. The maximum Gasteiger partial charge on any atom is 1.00 e. The molecule has 0 saturated heterocycles. The van der Waals surface area contributed by atoms with Crippen LogP contribution in [0.3, 0.4) is 0 Å². The molecular weight excluding hydrogens is 110 g/mol. The van der Waals surface area contributed by atoms with Crippen molar-refractivity contribution in [2.45, 2.75) is 26.2 Å². The first-order valence-electron chi connectivity index (χ1n) is 2.21. The Kier molecular flexibility index (Phi) is 35.5. The van der Waals surface area contributed by atoms with Crippen molar-refractivity contribution in [1.82, 2.24) is 0 Å². The van der Waals surface area contributed by atoms with Crippen LogP contribution in [0.2, 0.25) is 0 Å². The van der Waals surface area contributed by atoms with Crippen LogP contribution >= 0.6 is 0 Å². The molecular formula is C5H11BK. The summed E-state index contributed by atoms with van der Waals surface area (Å²) >= 11 is 0. The van der Waals surface area contributed by atoms with E-state index < -0.39 is 0 Å². The summed E-state index contributed by atoms with van der Waals surface area (Å²) in [5.41, 5.74) is 0. The summed E-state index contributed by atoms with van der Waals surface area (Å²) in [6, 6.07) is 0. The van der Waals surface area contributed by atoms with Crippen molar-refractivity contribution in [2.24, 2.45) is 0 Å². The number of hydrogen-bond donors (Lipinski definition) is 0. The first-order chi connectivity index (χ1) is 2.41. The van der Waals surface area contributed by atoms with E-state index in [1.165, 1.54) is 12.8 Å². The molecule has 0 unspecified atom stereocenters. The van der Waals surface area contributed by atoms with Crippen molar-refractivity contribution in [3.8, 4) is 0 Å². The van der Waals surface area contributed by atoms with Gasteiger partial charge in [-0.25, -0.2) is 0 Å². The summed E-state index contributed by atoms with van der Waals surface area (Å²) in [4.78, 5) is 0. The van der Waals surface area contributed by atoms with Crippen molar-refractivity contribution in [2.75, 3.05) is 0 Å². The molecule has 0 amide bonds. The Labute approximate surface area is 91.4 Å². The van der Waals surface area contributed by atoms with Crippen LogP contribution in [0.15, 0.2) is 0 Å². The maximum absolute atomic E-state index is 3.68. The Morgan fingerprint density at radius 1 is 1.43 bits per heavy atom. The van der Waals surface area contributed by atoms with Crippen LogP contribution in [0, 0.1) is 6.92 Å². The van der Waals surface area contributed by atoms with Gasteiger partial charge >= 0.3 is 51.4 Å². The second kappa shape index (κ2) is 15.6. The maximum atomic E-state index is 3.68. The van der Waals surface area contributed by atoms with Gasteiger partial charge in [-0.1, -0.05) is 19.8 Å². The second-order valence-electron chi connectivity index (χ2n) is 1.21. The van der Waals surface area contributed by atoms with Gasteiger partial charge in [0.25, 0.3) is 0 Å². The SMILES string of the molecule is [B].[CH2-]CCCC.[K+]. The summed E-state index contributed by atoms with van der Waals surface area (Å²) < 4.78 is 0. The first kappa shape index (κ1) is 15.9. The van der Waals surface area contributed by atoms with Crippen LogP contribution in [-0.2, 0) is 0 Å². The number of hydrogen-bond acceptors (Lipinski definition) is 0. The van der Waals surface area contributed by atoms with Crippen molar-refractivity contribution in [1.29, 1.82) is 0 Å². The van der Waals surface area contributed by atoms with Crippen molar-refractivity contribution >= 4 is 8.41 Å². The van der Waals surface area contributed by atoms with Crippen molar-refractivity contribution < 1.29 is 51.4 Å². The molecule has 0 fully saturated rings. The van der Waals surface area contributed by atoms with E-state index in [9.17, 15) is 0 Å². The topological polar surface area (TPSA) is 0 Å². The van der Waals surface area contributed by atoms with Gasteiger partial charge in [0.05, 0.1) is 0 Å². The van der Waals surface area contributed by atoms with Crippen LogP contribution < -0.4 is 51.4 Å². The minimum absolute atomic E-state index is 0. The summed E-state index contributed by atoms with van der Waals surface area (Å²) in [5.74, 6) is 0. The molecule has 0 nitrogen and oxygen atoms in total. The second-order valence-corrected chi connectivity index (χ2v) is 1.21. The number of rotatable bonds is 2. The van der Waals surface area contributed by atoms with E-state index in [4.69, 9.17) is 0 Å². The Hall–Kier alpha value is 1.70. The van der Waals surface area contributed by atoms with E-state index in [0.717, 1.165) is 6.42 Å². The molecule has 0 aliphatic carbocycles. The zero-order chi connectivity index (χ0) is 4.12. The van der Waals surface area contributed by atoms with Gasteiger partial charge in [0, 0.05) is 8.41 Å². The summed E-state index contributed by atoms with van der Waals surface area (Å²) in [6.07, 6.45) is 3.65. The molecule has 3 radical (unpaired) electrons. The van der Waals surface area contributed by atoms with Gasteiger partial charge in [0.15, 0.2) is 0 Å². The Bertz CT molecular complexity index is 15.6. The van der Waals surface area contributed by atoms with Crippen LogP contribution in [-0.4, -0.2) is 8.41 Å². The van der Waals surface area contributed by atoms with E-state index in [1.54, 1.807) is 0 Å². The Morgan fingerprint density at radius 3 is 1.86 bits per heavy atom. The van der Waals surface area contributed by atoms with Gasteiger partial charge < -0.3 is 6.92 Å². The largest absolute Gasteiger partial charge is 1.00 e. The summed E-state index contributed by atoms with van der Waals surface area (Å²) in [7, 11) is 0. The normalized spacial score (nSPS) is 6.00. The van der Waals surface area contributed by atoms with Crippen LogP contribution in [0.1, 0.15) is 26.2 Å². The summed E-state index contributed by atoms with van der Waals surface area (Å²) in [6.45, 7) is 5.85. The van der Waals surface area contributed by atoms with E-state index >= 15 is 0 Å². The average Bonchev–Trinajstić information content (AvgIpc) is 1.41. The summed E-state index contributed by atoms with van der Waals surface area (Å²) in [5, 5.41) is 0. The van der Waals surface area contributed by atoms with Crippen LogP contribution in [0.4, 0.5) is 0 Å². The van der Waals surface area contributed by atoms with E-state index in [1.807, 2.05) is 0 Å². The predicted molar refractivity (Wildman–Crippen MR) is 30.6 cm³/mol. The first-order valence-corrected chi connectivity index (χ1v) is 2.21. The predicted octanol–water partition coefficient (Wildman–Crippen LogP) is -1.37. The molecule has 0 bridgehead atoms. The van der Waals surface area contributed by atoms with E-state index in [0.29, 0.717) is 0 Å². The van der Waals surface area contributed by atoms with Crippen LogP contribution in [0.25, 0.3) is 0 Å². The van der Waals surface area contributed by atoms with Gasteiger partial charge in [0.2, 0.25) is 0 Å². The minimum Gasteiger partial charge on any atom is -0.343 e. The minimum atomic E-state index is 0. The zero-order valence-electron chi connectivity index (χ0n) is 5.41. The quantitative estimate of drug-likeness (QED) is 0.312. The molecule has 0 rings (SSSR count).